The van der Waals surface area contributed by atoms with Crippen LogP contribution in [0.4, 0.5) is 4.39 Å². The normalized spacial score (nSPS) is 16.2. The van der Waals surface area contributed by atoms with Crippen LogP contribution < -0.4 is 5.32 Å². The maximum atomic E-state index is 13.5. The molecule has 1 aliphatic rings. The van der Waals surface area contributed by atoms with Gasteiger partial charge < -0.3 is 5.32 Å². The Kier molecular flexibility index (Phi) is 5.35. The highest BCUT2D eigenvalue weighted by Gasteiger charge is 2.12. The SMILES string of the molecule is N#Cc1ccc(F)c(CNCCC2CCCCC2)c1. The molecule has 1 fully saturated rings. The van der Waals surface area contributed by atoms with Gasteiger partial charge in [-0.2, -0.15) is 5.26 Å². The van der Waals surface area contributed by atoms with Crippen molar-refractivity contribution >= 4 is 0 Å². The molecule has 0 atom stereocenters. The van der Waals surface area contributed by atoms with E-state index in [1.54, 1.807) is 6.07 Å². The third-order valence-corrected chi connectivity index (χ3v) is 3.94. The zero-order chi connectivity index (χ0) is 13.5. The molecule has 1 aromatic rings. The first-order chi connectivity index (χ1) is 9.29. The van der Waals surface area contributed by atoms with Crippen molar-refractivity contribution in [3.63, 3.8) is 0 Å². The van der Waals surface area contributed by atoms with Crippen LogP contribution >= 0.6 is 0 Å². The van der Waals surface area contributed by atoms with E-state index in [1.807, 2.05) is 6.07 Å². The Morgan fingerprint density at radius 1 is 1.26 bits per heavy atom. The molecule has 0 aliphatic heterocycles. The largest absolute Gasteiger partial charge is 0.313 e. The second-order valence-corrected chi connectivity index (χ2v) is 5.39. The maximum Gasteiger partial charge on any atom is 0.127 e. The Hall–Kier alpha value is -1.40. The lowest BCUT2D eigenvalue weighted by atomic mass is 9.87. The first-order valence-electron chi connectivity index (χ1n) is 7.19. The molecule has 2 nitrogen and oxygen atoms in total. The van der Waals surface area contributed by atoms with E-state index in [2.05, 4.69) is 5.32 Å². The predicted molar refractivity (Wildman–Crippen MR) is 74.0 cm³/mol. The Labute approximate surface area is 114 Å². The van der Waals surface area contributed by atoms with E-state index in [1.165, 1.54) is 50.7 Å². The van der Waals surface area contributed by atoms with Gasteiger partial charge in [-0.1, -0.05) is 32.1 Å². The van der Waals surface area contributed by atoms with E-state index in [9.17, 15) is 4.39 Å². The van der Waals surface area contributed by atoms with Crippen molar-refractivity contribution in [1.29, 1.82) is 5.26 Å². The highest BCUT2D eigenvalue weighted by Crippen LogP contribution is 2.25. The molecular weight excluding hydrogens is 239 g/mol. The van der Waals surface area contributed by atoms with Gasteiger partial charge in [0.1, 0.15) is 5.82 Å². The summed E-state index contributed by atoms with van der Waals surface area (Å²) in [7, 11) is 0. The summed E-state index contributed by atoms with van der Waals surface area (Å²) < 4.78 is 13.5. The Bertz CT molecular complexity index is 445. The molecule has 0 bridgehead atoms. The maximum absolute atomic E-state index is 13.5. The summed E-state index contributed by atoms with van der Waals surface area (Å²) in [5, 5.41) is 12.1. The van der Waals surface area contributed by atoms with E-state index in [-0.39, 0.29) is 5.82 Å². The molecule has 2 rings (SSSR count). The highest BCUT2D eigenvalue weighted by atomic mass is 19.1. The number of nitriles is 1. The van der Waals surface area contributed by atoms with Crippen molar-refractivity contribution in [2.45, 2.75) is 45.1 Å². The molecular formula is C16H21FN2. The molecule has 102 valence electrons. The van der Waals surface area contributed by atoms with Crippen LogP contribution in [0, 0.1) is 23.1 Å². The Balaban J connectivity index is 1.74. The number of nitrogens with one attached hydrogen (secondary N) is 1. The first-order valence-corrected chi connectivity index (χ1v) is 7.19. The van der Waals surface area contributed by atoms with Crippen molar-refractivity contribution < 1.29 is 4.39 Å². The standard InChI is InChI=1S/C16H21FN2/c17-16-7-6-14(11-18)10-15(16)12-19-9-8-13-4-2-1-3-5-13/h6-7,10,13,19H,1-5,8-9,12H2. The number of halogens is 1. The van der Waals surface area contributed by atoms with Gasteiger partial charge in [0.2, 0.25) is 0 Å². The lowest BCUT2D eigenvalue weighted by Gasteiger charge is -2.21. The van der Waals surface area contributed by atoms with Crippen LogP contribution in [0.5, 0.6) is 0 Å². The monoisotopic (exact) mass is 260 g/mol. The van der Waals surface area contributed by atoms with Crippen LogP contribution in [0.2, 0.25) is 0 Å². The fourth-order valence-electron chi connectivity index (χ4n) is 2.78. The van der Waals surface area contributed by atoms with Crippen LogP contribution in [-0.2, 0) is 6.54 Å². The number of hydrogen-bond donors (Lipinski definition) is 1. The quantitative estimate of drug-likeness (QED) is 0.818. The fourth-order valence-corrected chi connectivity index (χ4v) is 2.78. The van der Waals surface area contributed by atoms with Gasteiger partial charge >= 0.3 is 0 Å². The average molecular weight is 260 g/mol. The molecule has 3 heteroatoms. The number of nitrogens with zero attached hydrogens (tertiary/aromatic N) is 1. The molecule has 0 radical (unpaired) electrons. The molecule has 0 heterocycles. The van der Waals surface area contributed by atoms with Gasteiger partial charge in [-0.25, -0.2) is 4.39 Å². The van der Waals surface area contributed by atoms with Gasteiger partial charge in [0.05, 0.1) is 11.6 Å². The summed E-state index contributed by atoms with van der Waals surface area (Å²) in [5.41, 5.74) is 1.10. The van der Waals surface area contributed by atoms with Gasteiger partial charge in [-0.05, 0) is 37.1 Å². The highest BCUT2D eigenvalue weighted by molar-refractivity contribution is 5.33. The summed E-state index contributed by atoms with van der Waals surface area (Å²) in [5.74, 6) is 0.612. The topological polar surface area (TPSA) is 35.8 Å². The van der Waals surface area contributed by atoms with Crippen LogP contribution in [-0.4, -0.2) is 6.54 Å². The second-order valence-electron chi connectivity index (χ2n) is 5.39. The minimum absolute atomic E-state index is 0.232. The van der Waals surface area contributed by atoms with Crippen molar-refractivity contribution in [3.8, 4) is 6.07 Å². The lowest BCUT2D eigenvalue weighted by Crippen LogP contribution is -2.19. The number of hydrogen-bond acceptors (Lipinski definition) is 2. The summed E-state index contributed by atoms with van der Waals surface area (Å²) in [6, 6.07) is 6.56. The van der Waals surface area contributed by atoms with Gasteiger partial charge in [0.25, 0.3) is 0 Å². The van der Waals surface area contributed by atoms with E-state index >= 15 is 0 Å². The zero-order valence-corrected chi connectivity index (χ0v) is 11.3. The minimum Gasteiger partial charge on any atom is -0.313 e. The fraction of sp³-hybridized carbons (Fsp3) is 0.562. The van der Waals surface area contributed by atoms with Crippen molar-refractivity contribution in [2.24, 2.45) is 5.92 Å². The number of rotatable bonds is 5. The summed E-state index contributed by atoms with van der Waals surface area (Å²) in [4.78, 5) is 0. The van der Waals surface area contributed by atoms with Gasteiger partial charge in [0, 0.05) is 12.1 Å². The van der Waals surface area contributed by atoms with Gasteiger partial charge in [-0.3, -0.25) is 0 Å². The molecule has 1 saturated carbocycles. The van der Waals surface area contributed by atoms with E-state index in [4.69, 9.17) is 5.26 Å². The minimum atomic E-state index is -0.232. The molecule has 19 heavy (non-hydrogen) atoms. The van der Waals surface area contributed by atoms with Crippen LogP contribution in [0.1, 0.15) is 49.7 Å². The number of benzene rings is 1. The van der Waals surface area contributed by atoms with E-state index in [0.717, 1.165) is 12.5 Å². The van der Waals surface area contributed by atoms with Crippen LogP contribution in [0.15, 0.2) is 18.2 Å². The summed E-state index contributed by atoms with van der Waals surface area (Å²) in [6.45, 7) is 1.44. The Morgan fingerprint density at radius 3 is 2.79 bits per heavy atom. The van der Waals surface area contributed by atoms with Gasteiger partial charge in [-0.15, -0.1) is 0 Å². The van der Waals surface area contributed by atoms with Crippen molar-refractivity contribution in [2.75, 3.05) is 6.54 Å². The zero-order valence-electron chi connectivity index (χ0n) is 11.3. The second kappa shape index (κ2) is 7.25. The van der Waals surface area contributed by atoms with Gasteiger partial charge in [0.15, 0.2) is 0 Å². The third-order valence-electron chi connectivity index (χ3n) is 3.94. The van der Waals surface area contributed by atoms with E-state index in [0.29, 0.717) is 17.7 Å². The lowest BCUT2D eigenvalue weighted by molar-refractivity contribution is 0.333. The summed E-state index contributed by atoms with van der Waals surface area (Å²) >= 11 is 0. The molecule has 1 aromatic carbocycles. The smallest absolute Gasteiger partial charge is 0.127 e. The molecule has 0 unspecified atom stereocenters. The Morgan fingerprint density at radius 2 is 2.05 bits per heavy atom. The van der Waals surface area contributed by atoms with E-state index < -0.39 is 0 Å². The first kappa shape index (κ1) is 14.0. The molecule has 0 spiro atoms. The van der Waals surface area contributed by atoms with Crippen LogP contribution in [0.3, 0.4) is 0 Å². The average Bonchev–Trinajstić information content (AvgIpc) is 2.46. The molecule has 0 aromatic heterocycles. The molecule has 1 aliphatic carbocycles. The molecule has 1 N–H and O–H groups in total. The van der Waals surface area contributed by atoms with Crippen molar-refractivity contribution in [1.82, 2.24) is 5.32 Å². The predicted octanol–water partition coefficient (Wildman–Crippen LogP) is 3.76. The molecule has 0 amide bonds. The van der Waals surface area contributed by atoms with Crippen LogP contribution in [0.25, 0.3) is 0 Å². The van der Waals surface area contributed by atoms with Crippen molar-refractivity contribution in [3.05, 3.63) is 35.1 Å². The third kappa shape index (κ3) is 4.33. The molecule has 0 saturated heterocycles. The summed E-state index contributed by atoms with van der Waals surface area (Å²) in [6.07, 6.45) is 7.99.